The van der Waals surface area contributed by atoms with Crippen molar-refractivity contribution in [1.82, 2.24) is 5.32 Å². The Morgan fingerprint density at radius 1 is 1.15 bits per heavy atom. The van der Waals surface area contributed by atoms with E-state index in [1.807, 2.05) is 12.1 Å². The van der Waals surface area contributed by atoms with Crippen molar-refractivity contribution < 1.29 is 13.9 Å². The lowest BCUT2D eigenvalue weighted by atomic mass is 10.1. The lowest BCUT2D eigenvalue weighted by Crippen LogP contribution is -2.25. The first-order valence-electron chi connectivity index (χ1n) is 8.73. The highest BCUT2D eigenvalue weighted by Crippen LogP contribution is 2.35. The summed E-state index contributed by atoms with van der Waals surface area (Å²) in [5, 5.41) is 3.95. The maximum absolute atomic E-state index is 13.2. The molecule has 1 aliphatic carbocycles. The second kappa shape index (κ2) is 9.07. The Hall–Kier alpha value is -1.30. The molecule has 1 aliphatic rings. The van der Waals surface area contributed by atoms with E-state index in [2.05, 4.69) is 21.2 Å². The molecule has 140 valence electrons. The van der Waals surface area contributed by atoms with Crippen LogP contribution in [0.5, 0.6) is 11.5 Å². The average Bonchev–Trinajstić information content (AvgIpc) is 3.13. The fraction of sp³-hybridized carbons (Fsp3) is 0.400. The Bertz CT molecular complexity index is 766. The lowest BCUT2D eigenvalue weighted by molar-refractivity contribution is 0.284. The number of rotatable bonds is 7. The summed E-state index contributed by atoms with van der Waals surface area (Å²) in [7, 11) is 1.62. The Morgan fingerprint density at radius 3 is 2.62 bits per heavy atom. The highest BCUT2D eigenvalue weighted by atomic mass is 79.9. The van der Waals surface area contributed by atoms with Crippen molar-refractivity contribution >= 4 is 27.5 Å². The number of hydrogen-bond donors (Lipinski definition) is 1. The highest BCUT2D eigenvalue weighted by molar-refractivity contribution is 9.10. The summed E-state index contributed by atoms with van der Waals surface area (Å²) in [6.45, 7) is 1.02. The SMILES string of the molecule is COc1cc(CNC2CCCC2)c(Br)cc1OCc1ccc(F)cc1Cl. The second-order valence-corrected chi connectivity index (χ2v) is 7.74. The molecule has 0 unspecified atom stereocenters. The summed E-state index contributed by atoms with van der Waals surface area (Å²) < 4.78 is 25.5. The summed E-state index contributed by atoms with van der Waals surface area (Å²) in [6, 6.07) is 8.76. The minimum Gasteiger partial charge on any atom is -0.493 e. The third-order valence-corrected chi connectivity index (χ3v) is 5.76. The zero-order valence-corrected chi connectivity index (χ0v) is 17.0. The summed E-state index contributed by atoms with van der Waals surface area (Å²) in [5.41, 5.74) is 1.85. The van der Waals surface area contributed by atoms with E-state index in [-0.39, 0.29) is 12.4 Å². The van der Waals surface area contributed by atoms with Crippen molar-refractivity contribution in [2.75, 3.05) is 7.11 Å². The molecule has 0 saturated heterocycles. The predicted octanol–water partition coefficient (Wildman–Crippen LogP) is 5.86. The molecule has 2 aromatic rings. The maximum Gasteiger partial charge on any atom is 0.162 e. The average molecular weight is 443 g/mol. The molecule has 1 N–H and O–H groups in total. The van der Waals surface area contributed by atoms with Gasteiger partial charge in [-0.05, 0) is 42.7 Å². The van der Waals surface area contributed by atoms with Crippen molar-refractivity contribution in [3.8, 4) is 11.5 Å². The van der Waals surface area contributed by atoms with Crippen LogP contribution in [0.15, 0.2) is 34.8 Å². The zero-order chi connectivity index (χ0) is 18.5. The topological polar surface area (TPSA) is 30.5 Å². The first kappa shape index (κ1) is 19.5. The molecule has 26 heavy (non-hydrogen) atoms. The van der Waals surface area contributed by atoms with E-state index in [0.717, 1.165) is 22.1 Å². The van der Waals surface area contributed by atoms with Crippen LogP contribution >= 0.6 is 27.5 Å². The highest BCUT2D eigenvalue weighted by Gasteiger charge is 2.16. The first-order chi connectivity index (χ1) is 12.6. The molecule has 0 amide bonds. The fourth-order valence-corrected chi connectivity index (χ4v) is 3.85. The number of methoxy groups -OCH3 is 1. The van der Waals surface area contributed by atoms with Gasteiger partial charge in [0.15, 0.2) is 11.5 Å². The van der Waals surface area contributed by atoms with E-state index in [9.17, 15) is 4.39 Å². The quantitative estimate of drug-likeness (QED) is 0.582. The Kier molecular flexibility index (Phi) is 6.79. The third-order valence-electron chi connectivity index (χ3n) is 4.67. The number of nitrogens with one attached hydrogen (secondary N) is 1. The molecule has 1 saturated carbocycles. The van der Waals surface area contributed by atoms with E-state index in [0.29, 0.717) is 22.6 Å². The molecule has 0 radical (unpaired) electrons. The minimum atomic E-state index is -0.363. The standard InChI is InChI=1S/C20H22BrClFNO2/c1-25-19-8-14(11-24-16-4-2-3-5-16)17(21)10-20(19)26-12-13-6-7-15(23)9-18(13)22/h6-10,16,24H,2-5,11-12H2,1H3. The van der Waals surface area contributed by atoms with Gasteiger partial charge >= 0.3 is 0 Å². The number of hydrogen-bond acceptors (Lipinski definition) is 3. The van der Waals surface area contributed by atoms with Crippen LogP contribution in [0.1, 0.15) is 36.8 Å². The van der Waals surface area contributed by atoms with Crippen LogP contribution in [-0.2, 0) is 13.2 Å². The molecule has 3 rings (SSSR count). The van der Waals surface area contributed by atoms with Gasteiger partial charge in [-0.15, -0.1) is 0 Å². The minimum absolute atomic E-state index is 0.238. The normalized spacial score (nSPS) is 14.6. The van der Waals surface area contributed by atoms with Crippen LogP contribution in [0.4, 0.5) is 4.39 Å². The number of halogens is 3. The van der Waals surface area contributed by atoms with Crippen LogP contribution in [0.3, 0.4) is 0 Å². The smallest absolute Gasteiger partial charge is 0.162 e. The molecular formula is C20H22BrClFNO2. The molecule has 0 bridgehead atoms. The Morgan fingerprint density at radius 2 is 1.92 bits per heavy atom. The molecule has 1 fully saturated rings. The molecule has 0 heterocycles. The van der Waals surface area contributed by atoms with Gasteiger partial charge in [0.1, 0.15) is 12.4 Å². The van der Waals surface area contributed by atoms with Gasteiger partial charge in [0.2, 0.25) is 0 Å². The van der Waals surface area contributed by atoms with Crippen molar-refractivity contribution in [3.63, 3.8) is 0 Å². The zero-order valence-electron chi connectivity index (χ0n) is 14.7. The number of ether oxygens (including phenoxy) is 2. The maximum atomic E-state index is 13.2. The molecule has 6 heteroatoms. The van der Waals surface area contributed by atoms with Gasteiger partial charge in [-0.2, -0.15) is 0 Å². The monoisotopic (exact) mass is 441 g/mol. The summed E-state index contributed by atoms with van der Waals surface area (Å²) in [6.07, 6.45) is 5.10. The molecule has 0 spiro atoms. The van der Waals surface area contributed by atoms with E-state index in [1.165, 1.54) is 37.8 Å². The second-order valence-electron chi connectivity index (χ2n) is 6.48. The first-order valence-corrected chi connectivity index (χ1v) is 9.90. The number of benzene rings is 2. The van der Waals surface area contributed by atoms with Gasteiger partial charge in [0.25, 0.3) is 0 Å². The van der Waals surface area contributed by atoms with Gasteiger partial charge in [-0.3, -0.25) is 0 Å². The van der Waals surface area contributed by atoms with Crippen LogP contribution in [0, 0.1) is 5.82 Å². The summed E-state index contributed by atoms with van der Waals surface area (Å²) >= 11 is 9.68. The van der Waals surface area contributed by atoms with Crippen molar-refractivity contribution in [1.29, 1.82) is 0 Å². The Labute approximate surface area is 167 Å². The van der Waals surface area contributed by atoms with Crippen LogP contribution < -0.4 is 14.8 Å². The van der Waals surface area contributed by atoms with Gasteiger partial charge < -0.3 is 14.8 Å². The molecule has 0 aliphatic heterocycles. The van der Waals surface area contributed by atoms with Crippen molar-refractivity contribution in [2.45, 2.75) is 44.9 Å². The fourth-order valence-electron chi connectivity index (χ4n) is 3.16. The van der Waals surface area contributed by atoms with Gasteiger partial charge in [0.05, 0.1) is 12.1 Å². The van der Waals surface area contributed by atoms with Gasteiger partial charge in [-0.1, -0.05) is 46.4 Å². The molecule has 2 aromatic carbocycles. The van der Waals surface area contributed by atoms with Gasteiger partial charge in [0, 0.05) is 22.6 Å². The molecule has 0 atom stereocenters. The van der Waals surface area contributed by atoms with E-state index in [1.54, 1.807) is 13.2 Å². The predicted molar refractivity (Wildman–Crippen MR) is 106 cm³/mol. The van der Waals surface area contributed by atoms with Gasteiger partial charge in [-0.25, -0.2) is 4.39 Å². The van der Waals surface area contributed by atoms with Crippen LogP contribution in [-0.4, -0.2) is 13.2 Å². The van der Waals surface area contributed by atoms with E-state index in [4.69, 9.17) is 21.1 Å². The van der Waals surface area contributed by atoms with E-state index < -0.39 is 0 Å². The molecule has 0 aromatic heterocycles. The third kappa shape index (κ3) is 4.90. The van der Waals surface area contributed by atoms with Crippen LogP contribution in [0.25, 0.3) is 0 Å². The van der Waals surface area contributed by atoms with Crippen LogP contribution in [0.2, 0.25) is 5.02 Å². The molecule has 3 nitrogen and oxygen atoms in total. The largest absolute Gasteiger partial charge is 0.493 e. The summed E-state index contributed by atoms with van der Waals surface area (Å²) in [5.74, 6) is 0.914. The van der Waals surface area contributed by atoms with Crippen molar-refractivity contribution in [3.05, 3.63) is 56.8 Å². The lowest BCUT2D eigenvalue weighted by Gasteiger charge is -2.16. The molecular weight excluding hydrogens is 421 g/mol. The summed E-state index contributed by atoms with van der Waals surface area (Å²) in [4.78, 5) is 0. The van der Waals surface area contributed by atoms with Crippen molar-refractivity contribution in [2.24, 2.45) is 0 Å². The van der Waals surface area contributed by atoms with E-state index >= 15 is 0 Å². The Balaban J connectivity index is 1.69.